The fourth-order valence-corrected chi connectivity index (χ4v) is 1.82. The topological polar surface area (TPSA) is 105 Å². The number of methoxy groups -OCH3 is 1. The number of nitro groups is 1. The van der Waals surface area contributed by atoms with Crippen LogP contribution in [0.25, 0.3) is 0 Å². The van der Waals surface area contributed by atoms with Crippen LogP contribution in [0.1, 0.15) is 15.9 Å². The molecule has 0 aromatic heterocycles. The van der Waals surface area contributed by atoms with Gasteiger partial charge in [-0.3, -0.25) is 10.1 Å². The summed E-state index contributed by atoms with van der Waals surface area (Å²) in [5.41, 5.74) is 5.97. The quantitative estimate of drug-likeness (QED) is 0.394. The molecule has 0 saturated heterocycles. The maximum absolute atomic E-state index is 11.9. The van der Waals surface area contributed by atoms with Crippen LogP contribution in [0.15, 0.2) is 42.5 Å². The molecular weight excluding hydrogens is 288 g/mol. The van der Waals surface area contributed by atoms with Gasteiger partial charge < -0.3 is 15.2 Å². The summed E-state index contributed by atoms with van der Waals surface area (Å²) in [7, 11) is 1.54. The zero-order chi connectivity index (χ0) is 16.1. The van der Waals surface area contributed by atoms with Crippen molar-refractivity contribution in [2.45, 2.75) is 6.61 Å². The zero-order valence-corrected chi connectivity index (χ0v) is 11.8. The van der Waals surface area contributed by atoms with Gasteiger partial charge in [0.2, 0.25) is 0 Å². The van der Waals surface area contributed by atoms with E-state index in [1.165, 1.54) is 12.1 Å². The Balaban J connectivity index is 2.09. The van der Waals surface area contributed by atoms with Crippen molar-refractivity contribution in [1.82, 2.24) is 0 Å². The Morgan fingerprint density at radius 2 is 2.05 bits per heavy atom. The highest BCUT2D eigenvalue weighted by atomic mass is 16.6. The van der Waals surface area contributed by atoms with Gasteiger partial charge in [0.25, 0.3) is 5.69 Å². The lowest BCUT2D eigenvalue weighted by molar-refractivity contribution is -0.383. The summed E-state index contributed by atoms with van der Waals surface area (Å²) in [5, 5.41) is 10.8. The number of rotatable bonds is 5. The molecule has 0 spiro atoms. The summed E-state index contributed by atoms with van der Waals surface area (Å²) in [6, 6.07) is 10.9. The van der Waals surface area contributed by atoms with Crippen molar-refractivity contribution in [3.8, 4) is 5.75 Å². The van der Waals surface area contributed by atoms with Crippen LogP contribution in [-0.2, 0) is 11.3 Å². The van der Waals surface area contributed by atoms with Gasteiger partial charge in [-0.05, 0) is 29.8 Å². The second kappa shape index (κ2) is 6.57. The van der Waals surface area contributed by atoms with E-state index < -0.39 is 10.9 Å². The Morgan fingerprint density at radius 1 is 1.27 bits per heavy atom. The van der Waals surface area contributed by atoms with Crippen molar-refractivity contribution >= 4 is 17.3 Å². The van der Waals surface area contributed by atoms with Crippen LogP contribution >= 0.6 is 0 Å². The lowest BCUT2D eigenvalue weighted by Gasteiger charge is -2.07. The molecule has 0 aliphatic heterocycles. The molecule has 0 unspecified atom stereocenters. The number of nitro benzene ring substituents is 1. The molecule has 0 atom stereocenters. The number of anilines is 1. The summed E-state index contributed by atoms with van der Waals surface area (Å²) in [4.78, 5) is 22.1. The highest BCUT2D eigenvalue weighted by molar-refractivity contribution is 5.91. The van der Waals surface area contributed by atoms with Crippen molar-refractivity contribution < 1.29 is 19.2 Å². The maximum atomic E-state index is 11.9. The highest BCUT2D eigenvalue weighted by Gasteiger charge is 2.16. The van der Waals surface area contributed by atoms with Crippen LogP contribution in [0.2, 0.25) is 0 Å². The summed E-state index contributed by atoms with van der Waals surface area (Å²) in [6.07, 6.45) is 0. The Labute approximate surface area is 126 Å². The van der Waals surface area contributed by atoms with Gasteiger partial charge in [-0.25, -0.2) is 4.79 Å². The van der Waals surface area contributed by atoms with E-state index in [0.29, 0.717) is 5.75 Å². The fourth-order valence-electron chi connectivity index (χ4n) is 1.82. The first-order valence-electron chi connectivity index (χ1n) is 6.35. The summed E-state index contributed by atoms with van der Waals surface area (Å²) in [5.74, 6) is -0.0115. The highest BCUT2D eigenvalue weighted by Crippen LogP contribution is 2.23. The SMILES string of the molecule is COc1cccc(COC(=O)c2ccc(N)c([N+](=O)[O-])c2)c1. The van der Waals surface area contributed by atoms with E-state index in [0.717, 1.165) is 11.6 Å². The smallest absolute Gasteiger partial charge is 0.338 e. The van der Waals surface area contributed by atoms with Gasteiger partial charge in [-0.2, -0.15) is 0 Å². The number of carbonyl (C=O) groups excluding carboxylic acids is 1. The number of nitrogen functional groups attached to an aromatic ring is 1. The molecule has 0 fully saturated rings. The van der Waals surface area contributed by atoms with Gasteiger partial charge in [0.05, 0.1) is 17.6 Å². The average molecular weight is 302 g/mol. The lowest BCUT2D eigenvalue weighted by atomic mass is 10.2. The standard InChI is InChI=1S/C15H14N2O5/c1-21-12-4-2-3-10(7-12)9-22-15(18)11-5-6-13(16)14(8-11)17(19)20/h2-8H,9,16H2,1H3. The summed E-state index contributed by atoms with van der Waals surface area (Å²) >= 11 is 0. The van der Waals surface area contributed by atoms with E-state index in [2.05, 4.69) is 0 Å². The van der Waals surface area contributed by atoms with Crippen molar-refractivity contribution in [2.75, 3.05) is 12.8 Å². The molecule has 7 heteroatoms. The molecule has 2 N–H and O–H groups in total. The summed E-state index contributed by atoms with van der Waals surface area (Å²) in [6.45, 7) is 0.0359. The van der Waals surface area contributed by atoms with Gasteiger partial charge >= 0.3 is 5.97 Å². The minimum absolute atomic E-state index is 0.00524. The molecule has 22 heavy (non-hydrogen) atoms. The van der Waals surface area contributed by atoms with E-state index in [1.54, 1.807) is 31.4 Å². The van der Waals surface area contributed by atoms with Crippen LogP contribution in [-0.4, -0.2) is 18.0 Å². The Hall–Kier alpha value is -3.09. The Bertz CT molecular complexity index is 715. The predicted octanol–water partition coefficient (Wildman–Crippen LogP) is 2.54. The fraction of sp³-hybridized carbons (Fsp3) is 0.133. The third-order valence-electron chi connectivity index (χ3n) is 2.97. The van der Waals surface area contributed by atoms with Crippen LogP contribution in [0, 0.1) is 10.1 Å². The summed E-state index contributed by atoms with van der Waals surface area (Å²) < 4.78 is 10.2. The maximum Gasteiger partial charge on any atom is 0.338 e. The van der Waals surface area contributed by atoms with Crippen molar-refractivity contribution in [1.29, 1.82) is 0 Å². The molecule has 0 radical (unpaired) electrons. The average Bonchev–Trinajstić information content (AvgIpc) is 2.53. The predicted molar refractivity (Wildman–Crippen MR) is 79.6 cm³/mol. The first-order chi connectivity index (χ1) is 10.5. The van der Waals surface area contributed by atoms with Crippen LogP contribution in [0.5, 0.6) is 5.75 Å². The molecule has 2 aromatic carbocycles. The third-order valence-corrected chi connectivity index (χ3v) is 2.97. The third kappa shape index (κ3) is 3.51. The molecule has 0 aliphatic rings. The second-order valence-electron chi connectivity index (χ2n) is 4.46. The minimum Gasteiger partial charge on any atom is -0.497 e. The number of ether oxygens (including phenoxy) is 2. The minimum atomic E-state index is -0.661. The monoisotopic (exact) mass is 302 g/mol. The second-order valence-corrected chi connectivity index (χ2v) is 4.46. The van der Waals surface area contributed by atoms with Gasteiger partial charge in [-0.15, -0.1) is 0 Å². The van der Waals surface area contributed by atoms with E-state index in [9.17, 15) is 14.9 Å². The Morgan fingerprint density at radius 3 is 2.73 bits per heavy atom. The van der Waals surface area contributed by atoms with Crippen LogP contribution < -0.4 is 10.5 Å². The van der Waals surface area contributed by atoms with E-state index in [1.807, 2.05) is 0 Å². The lowest BCUT2D eigenvalue weighted by Crippen LogP contribution is -2.07. The number of benzene rings is 2. The number of esters is 1. The molecule has 0 heterocycles. The number of nitrogens with two attached hydrogens (primary N) is 1. The first-order valence-corrected chi connectivity index (χ1v) is 6.35. The van der Waals surface area contributed by atoms with E-state index in [-0.39, 0.29) is 23.5 Å². The van der Waals surface area contributed by atoms with Crippen molar-refractivity contribution in [3.05, 3.63) is 63.7 Å². The molecule has 0 aliphatic carbocycles. The molecule has 2 aromatic rings. The largest absolute Gasteiger partial charge is 0.497 e. The molecular formula is C15H14N2O5. The van der Waals surface area contributed by atoms with Crippen LogP contribution in [0.3, 0.4) is 0 Å². The number of carbonyl (C=O) groups is 1. The first kappa shape index (κ1) is 15.3. The van der Waals surface area contributed by atoms with Gasteiger partial charge in [0, 0.05) is 6.07 Å². The van der Waals surface area contributed by atoms with Gasteiger partial charge in [-0.1, -0.05) is 12.1 Å². The van der Waals surface area contributed by atoms with Crippen LogP contribution in [0.4, 0.5) is 11.4 Å². The molecule has 7 nitrogen and oxygen atoms in total. The molecule has 0 saturated carbocycles. The van der Waals surface area contributed by atoms with E-state index in [4.69, 9.17) is 15.2 Å². The molecule has 0 amide bonds. The van der Waals surface area contributed by atoms with Gasteiger partial charge in [0.1, 0.15) is 18.0 Å². The number of nitrogens with zero attached hydrogens (tertiary/aromatic N) is 1. The van der Waals surface area contributed by atoms with Crippen molar-refractivity contribution in [3.63, 3.8) is 0 Å². The zero-order valence-electron chi connectivity index (χ0n) is 11.8. The van der Waals surface area contributed by atoms with Crippen molar-refractivity contribution in [2.24, 2.45) is 0 Å². The molecule has 2 rings (SSSR count). The molecule has 114 valence electrons. The van der Waals surface area contributed by atoms with E-state index >= 15 is 0 Å². The molecule has 0 bridgehead atoms. The Kier molecular flexibility index (Phi) is 4.57. The number of hydrogen-bond acceptors (Lipinski definition) is 6. The van der Waals surface area contributed by atoms with Gasteiger partial charge in [0.15, 0.2) is 0 Å². The normalized spacial score (nSPS) is 10.0. The number of hydrogen-bond donors (Lipinski definition) is 1.